The van der Waals surface area contributed by atoms with Crippen molar-refractivity contribution in [3.05, 3.63) is 97.5 Å². The molecule has 35 heavy (non-hydrogen) atoms. The van der Waals surface area contributed by atoms with Crippen LogP contribution in [0.5, 0.6) is 11.5 Å². The van der Waals surface area contributed by atoms with Gasteiger partial charge in [0.1, 0.15) is 6.61 Å². The molecule has 0 aromatic heterocycles. The fraction of sp³-hybridized carbons (Fsp3) is 0.160. The summed E-state index contributed by atoms with van der Waals surface area (Å²) in [6.45, 7) is 2.43. The van der Waals surface area contributed by atoms with Crippen LogP contribution in [0.25, 0.3) is 0 Å². The number of nitro groups is 1. The second-order valence-corrected chi connectivity index (χ2v) is 8.02. The van der Waals surface area contributed by atoms with Gasteiger partial charge in [0.05, 0.1) is 35.8 Å². The van der Waals surface area contributed by atoms with E-state index in [4.69, 9.17) is 9.47 Å². The van der Waals surface area contributed by atoms with Crippen molar-refractivity contribution in [3.63, 3.8) is 0 Å². The van der Waals surface area contributed by atoms with Crippen molar-refractivity contribution in [2.75, 3.05) is 6.61 Å². The Morgan fingerprint density at radius 1 is 1.14 bits per heavy atom. The van der Waals surface area contributed by atoms with Crippen LogP contribution in [-0.2, 0) is 17.8 Å². The van der Waals surface area contributed by atoms with E-state index in [1.165, 1.54) is 18.3 Å². The highest BCUT2D eigenvalue weighted by atomic mass is 79.9. The predicted octanol–water partition coefficient (Wildman–Crippen LogP) is 4.90. The summed E-state index contributed by atoms with van der Waals surface area (Å²) in [7, 11) is 0. The van der Waals surface area contributed by atoms with E-state index in [9.17, 15) is 20.2 Å². The van der Waals surface area contributed by atoms with Crippen molar-refractivity contribution in [1.82, 2.24) is 5.43 Å². The fourth-order valence-electron chi connectivity index (χ4n) is 3.17. The summed E-state index contributed by atoms with van der Waals surface area (Å²) in [5.41, 5.74) is 4.45. The van der Waals surface area contributed by atoms with Crippen molar-refractivity contribution in [1.29, 1.82) is 5.26 Å². The highest BCUT2D eigenvalue weighted by Crippen LogP contribution is 2.34. The summed E-state index contributed by atoms with van der Waals surface area (Å²) in [5, 5.41) is 24.3. The Hall–Kier alpha value is -4.23. The Morgan fingerprint density at radius 2 is 1.83 bits per heavy atom. The number of hydrogen-bond acceptors (Lipinski definition) is 7. The average Bonchev–Trinajstić information content (AvgIpc) is 2.85. The zero-order chi connectivity index (χ0) is 25.2. The van der Waals surface area contributed by atoms with Crippen molar-refractivity contribution in [2.45, 2.75) is 20.0 Å². The molecule has 0 heterocycles. The van der Waals surface area contributed by atoms with Crippen molar-refractivity contribution in [2.24, 2.45) is 5.10 Å². The number of ether oxygens (including phenoxy) is 2. The van der Waals surface area contributed by atoms with Gasteiger partial charge in [0.2, 0.25) is 5.91 Å². The molecule has 0 aliphatic heterocycles. The van der Waals surface area contributed by atoms with Crippen LogP contribution >= 0.6 is 15.9 Å². The third-order valence-electron chi connectivity index (χ3n) is 4.82. The van der Waals surface area contributed by atoms with Crippen LogP contribution in [0.1, 0.15) is 29.2 Å². The molecule has 10 heteroatoms. The first kappa shape index (κ1) is 25.4. The fourth-order valence-corrected chi connectivity index (χ4v) is 3.59. The van der Waals surface area contributed by atoms with E-state index in [0.29, 0.717) is 39.3 Å². The molecule has 3 aromatic carbocycles. The second-order valence-electron chi connectivity index (χ2n) is 7.17. The van der Waals surface area contributed by atoms with Crippen molar-refractivity contribution < 1.29 is 19.2 Å². The van der Waals surface area contributed by atoms with Gasteiger partial charge in [-0.2, -0.15) is 10.4 Å². The number of para-hydroxylation sites is 1. The molecule has 3 aromatic rings. The number of nitro benzene ring substituents is 1. The Kier molecular flexibility index (Phi) is 8.92. The lowest BCUT2D eigenvalue weighted by Crippen LogP contribution is -2.20. The minimum absolute atomic E-state index is 0.122. The summed E-state index contributed by atoms with van der Waals surface area (Å²) < 4.78 is 12.3. The van der Waals surface area contributed by atoms with Gasteiger partial charge in [-0.25, -0.2) is 5.43 Å². The van der Waals surface area contributed by atoms with Gasteiger partial charge < -0.3 is 9.47 Å². The molecule has 0 spiro atoms. The SMILES string of the molecule is CCOc1cc(/C=N/NC(=O)Cc2ccccc2[N+](=O)[O-])c(Br)cc1OCc1ccccc1C#N. The van der Waals surface area contributed by atoms with Crippen LogP contribution in [-0.4, -0.2) is 23.7 Å². The maximum Gasteiger partial charge on any atom is 0.273 e. The maximum atomic E-state index is 12.2. The third-order valence-corrected chi connectivity index (χ3v) is 5.50. The second kappa shape index (κ2) is 12.3. The van der Waals surface area contributed by atoms with Gasteiger partial charge >= 0.3 is 0 Å². The van der Waals surface area contributed by atoms with Gasteiger partial charge in [0, 0.05) is 27.2 Å². The van der Waals surface area contributed by atoms with E-state index >= 15 is 0 Å². The molecule has 1 N–H and O–H groups in total. The number of hydrogen-bond donors (Lipinski definition) is 1. The molecule has 1 amide bonds. The molecule has 3 rings (SSSR count). The first-order chi connectivity index (χ1) is 16.9. The molecule has 0 radical (unpaired) electrons. The lowest BCUT2D eigenvalue weighted by Gasteiger charge is -2.14. The number of carbonyl (C=O) groups is 1. The molecule has 0 unspecified atom stereocenters. The summed E-state index contributed by atoms with van der Waals surface area (Å²) in [6.07, 6.45) is 1.25. The number of benzene rings is 3. The van der Waals surface area contributed by atoms with E-state index < -0.39 is 10.8 Å². The number of halogens is 1. The molecule has 0 saturated carbocycles. The minimum Gasteiger partial charge on any atom is -0.490 e. The topological polar surface area (TPSA) is 127 Å². The molecular weight excluding hydrogens is 516 g/mol. The number of nitriles is 1. The van der Waals surface area contributed by atoms with Crippen molar-refractivity contribution >= 4 is 33.7 Å². The van der Waals surface area contributed by atoms with E-state index in [1.54, 1.807) is 36.4 Å². The summed E-state index contributed by atoms with van der Waals surface area (Å²) in [4.78, 5) is 22.8. The lowest BCUT2D eigenvalue weighted by atomic mass is 10.1. The molecule has 0 aliphatic rings. The third kappa shape index (κ3) is 6.88. The average molecular weight is 537 g/mol. The highest BCUT2D eigenvalue weighted by Gasteiger charge is 2.15. The van der Waals surface area contributed by atoms with Crippen LogP contribution < -0.4 is 14.9 Å². The monoisotopic (exact) mass is 536 g/mol. The predicted molar refractivity (Wildman–Crippen MR) is 133 cm³/mol. The summed E-state index contributed by atoms with van der Waals surface area (Å²) in [6, 6.07) is 18.8. The van der Waals surface area contributed by atoms with Gasteiger partial charge in [-0.15, -0.1) is 0 Å². The van der Waals surface area contributed by atoms with Crippen LogP contribution in [0.15, 0.2) is 70.2 Å². The van der Waals surface area contributed by atoms with Crippen molar-refractivity contribution in [3.8, 4) is 17.6 Å². The Labute approximate surface area is 210 Å². The number of nitrogens with one attached hydrogen (secondary N) is 1. The quantitative estimate of drug-likeness (QED) is 0.223. The first-order valence-corrected chi connectivity index (χ1v) is 11.3. The highest BCUT2D eigenvalue weighted by molar-refractivity contribution is 9.10. The zero-order valence-electron chi connectivity index (χ0n) is 18.7. The van der Waals surface area contributed by atoms with Crippen LogP contribution in [0.2, 0.25) is 0 Å². The van der Waals surface area contributed by atoms with Crippen LogP contribution in [0, 0.1) is 21.4 Å². The van der Waals surface area contributed by atoms with E-state index in [-0.39, 0.29) is 18.7 Å². The van der Waals surface area contributed by atoms with E-state index in [2.05, 4.69) is 32.5 Å². The smallest absolute Gasteiger partial charge is 0.273 e. The van der Waals surface area contributed by atoms with Crippen LogP contribution in [0.4, 0.5) is 5.69 Å². The zero-order valence-corrected chi connectivity index (χ0v) is 20.3. The maximum absolute atomic E-state index is 12.2. The van der Waals surface area contributed by atoms with E-state index in [1.807, 2.05) is 19.1 Å². The molecule has 0 aliphatic carbocycles. The number of amides is 1. The molecule has 9 nitrogen and oxygen atoms in total. The Morgan fingerprint density at radius 3 is 2.54 bits per heavy atom. The standard InChI is InChI=1S/C25H21BrN4O5/c1-2-34-23-11-20(15-28-29-25(31)12-17-7-5-6-10-22(17)30(32)33)21(26)13-24(23)35-16-19-9-4-3-8-18(19)14-27/h3-11,13,15H,2,12,16H2,1H3,(H,29,31)/b28-15+. The summed E-state index contributed by atoms with van der Waals surface area (Å²) >= 11 is 3.47. The van der Waals surface area contributed by atoms with Gasteiger partial charge in [-0.3, -0.25) is 14.9 Å². The summed E-state index contributed by atoms with van der Waals surface area (Å²) in [5.74, 6) is 0.453. The Bertz CT molecular complexity index is 1300. The van der Waals surface area contributed by atoms with Gasteiger partial charge in [-0.05, 0) is 41.1 Å². The number of nitrogens with zero attached hydrogens (tertiary/aromatic N) is 3. The van der Waals surface area contributed by atoms with Crippen LogP contribution in [0.3, 0.4) is 0 Å². The minimum atomic E-state index is -0.527. The molecule has 178 valence electrons. The normalized spacial score (nSPS) is 10.5. The lowest BCUT2D eigenvalue weighted by molar-refractivity contribution is -0.385. The molecule has 0 atom stereocenters. The van der Waals surface area contributed by atoms with Gasteiger partial charge in [-0.1, -0.05) is 36.4 Å². The Balaban J connectivity index is 1.71. The van der Waals surface area contributed by atoms with E-state index in [0.717, 1.165) is 5.56 Å². The number of rotatable bonds is 10. The van der Waals surface area contributed by atoms with Gasteiger partial charge in [0.15, 0.2) is 11.5 Å². The number of carbonyl (C=O) groups excluding carboxylic acids is 1. The molecule has 0 fully saturated rings. The molecule has 0 saturated heterocycles. The largest absolute Gasteiger partial charge is 0.490 e. The molecule has 0 bridgehead atoms. The number of hydrazone groups is 1. The van der Waals surface area contributed by atoms with Gasteiger partial charge in [0.25, 0.3) is 5.69 Å². The molecular formula is C25H21BrN4O5. The first-order valence-electron chi connectivity index (χ1n) is 10.5.